The Morgan fingerprint density at radius 1 is 1.53 bits per heavy atom. The molecule has 0 saturated carbocycles. The summed E-state index contributed by atoms with van der Waals surface area (Å²) in [6, 6.07) is 0. The third-order valence-corrected chi connectivity index (χ3v) is 3.60. The first-order valence-electron chi connectivity index (χ1n) is 6.54. The van der Waals surface area contributed by atoms with Crippen LogP contribution in [-0.4, -0.2) is 24.3 Å². The number of ether oxygens (including phenoxy) is 1. The molecule has 3 heteroatoms. The van der Waals surface area contributed by atoms with Gasteiger partial charge in [-0.15, -0.1) is 0 Å². The Morgan fingerprint density at radius 3 is 2.82 bits per heavy atom. The van der Waals surface area contributed by atoms with Crippen molar-refractivity contribution in [2.24, 2.45) is 11.8 Å². The monoisotopic (exact) mass is 240 g/mol. The van der Waals surface area contributed by atoms with Gasteiger partial charge in [-0.2, -0.15) is 0 Å². The highest BCUT2D eigenvalue weighted by Crippen LogP contribution is 2.35. The Morgan fingerprint density at radius 2 is 2.24 bits per heavy atom. The Hall–Kier alpha value is -0.830. The first-order valence-corrected chi connectivity index (χ1v) is 6.54. The van der Waals surface area contributed by atoms with Crippen LogP contribution in [-0.2, 0) is 9.53 Å². The Bertz CT molecular complexity index is 283. The second-order valence-electron chi connectivity index (χ2n) is 4.97. The van der Waals surface area contributed by atoms with E-state index >= 15 is 0 Å². The number of unbranched alkanes of at least 4 members (excludes halogenated alkanes) is 2. The number of carbonyl (C=O) groups excluding carboxylic acids is 1. The third kappa shape index (κ3) is 3.84. The number of hydrogen-bond donors (Lipinski definition) is 1. The fourth-order valence-corrected chi connectivity index (χ4v) is 2.74. The van der Waals surface area contributed by atoms with Crippen molar-refractivity contribution in [3.8, 4) is 0 Å². The summed E-state index contributed by atoms with van der Waals surface area (Å²) in [4.78, 5) is 11.8. The van der Waals surface area contributed by atoms with Crippen LogP contribution in [0.25, 0.3) is 0 Å². The summed E-state index contributed by atoms with van der Waals surface area (Å²) in [5.41, 5.74) is 0.956. The number of aliphatic hydroxyl groups is 1. The second kappa shape index (κ2) is 6.80. The van der Waals surface area contributed by atoms with Gasteiger partial charge in [0.1, 0.15) is 0 Å². The molecule has 0 aromatic carbocycles. The molecule has 17 heavy (non-hydrogen) atoms. The van der Waals surface area contributed by atoms with E-state index in [1.165, 1.54) is 20.0 Å². The minimum Gasteiger partial charge on any atom is -0.469 e. The molecule has 0 amide bonds. The van der Waals surface area contributed by atoms with Crippen LogP contribution in [0.5, 0.6) is 0 Å². The lowest BCUT2D eigenvalue weighted by molar-refractivity contribution is -0.146. The third-order valence-electron chi connectivity index (χ3n) is 3.60. The fourth-order valence-electron chi connectivity index (χ4n) is 2.74. The van der Waals surface area contributed by atoms with Crippen molar-refractivity contribution in [3.05, 3.63) is 11.6 Å². The standard InChI is InChI=1S/C14H24O3/c1-4-5-6-7-11-9-12(15)8-10(2)13(11)14(16)17-3/h8,11-13,15H,4-7,9H2,1-3H3/t11-,12+,13-/m0/s1. The summed E-state index contributed by atoms with van der Waals surface area (Å²) in [6.45, 7) is 4.08. The molecule has 0 heterocycles. The maximum atomic E-state index is 11.8. The molecule has 3 nitrogen and oxygen atoms in total. The highest BCUT2D eigenvalue weighted by Gasteiger charge is 2.34. The van der Waals surface area contributed by atoms with E-state index in [1.807, 2.05) is 6.92 Å². The highest BCUT2D eigenvalue weighted by atomic mass is 16.5. The molecule has 0 aromatic rings. The maximum Gasteiger partial charge on any atom is 0.313 e. The molecule has 0 unspecified atom stereocenters. The van der Waals surface area contributed by atoms with Gasteiger partial charge in [0.15, 0.2) is 0 Å². The van der Waals surface area contributed by atoms with Gasteiger partial charge in [0.2, 0.25) is 0 Å². The average Bonchev–Trinajstić information content (AvgIpc) is 2.28. The van der Waals surface area contributed by atoms with E-state index in [2.05, 4.69) is 6.92 Å². The zero-order valence-electron chi connectivity index (χ0n) is 11.1. The van der Waals surface area contributed by atoms with Crippen LogP contribution >= 0.6 is 0 Å². The highest BCUT2D eigenvalue weighted by molar-refractivity contribution is 5.76. The lowest BCUT2D eigenvalue weighted by atomic mass is 9.75. The van der Waals surface area contributed by atoms with Crippen LogP contribution in [0.2, 0.25) is 0 Å². The predicted molar refractivity (Wildman–Crippen MR) is 67.5 cm³/mol. The molecule has 98 valence electrons. The van der Waals surface area contributed by atoms with Crippen molar-refractivity contribution in [1.29, 1.82) is 0 Å². The molecule has 0 spiro atoms. The van der Waals surface area contributed by atoms with Gasteiger partial charge in [-0.3, -0.25) is 4.79 Å². The molecule has 0 aliphatic heterocycles. The summed E-state index contributed by atoms with van der Waals surface area (Å²) >= 11 is 0. The van der Waals surface area contributed by atoms with Crippen molar-refractivity contribution in [2.45, 2.75) is 52.1 Å². The molecule has 0 bridgehead atoms. The minimum absolute atomic E-state index is 0.153. The Labute approximate surface area is 104 Å². The number of aliphatic hydroxyl groups excluding tert-OH is 1. The smallest absolute Gasteiger partial charge is 0.313 e. The van der Waals surface area contributed by atoms with Crippen molar-refractivity contribution >= 4 is 5.97 Å². The van der Waals surface area contributed by atoms with Gasteiger partial charge in [-0.25, -0.2) is 0 Å². The first-order chi connectivity index (χ1) is 8.10. The molecule has 1 rings (SSSR count). The van der Waals surface area contributed by atoms with Gasteiger partial charge in [0.05, 0.1) is 19.1 Å². The lowest BCUT2D eigenvalue weighted by Gasteiger charge is -2.31. The van der Waals surface area contributed by atoms with Crippen LogP contribution in [0.4, 0.5) is 0 Å². The molecule has 0 fully saturated rings. The summed E-state index contributed by atoms with van der Waals surface area (Å²) in [5, 5.41) is 9.75. The number of carbonyl (C=O) groups is 1. The van der Waals surface area contributed by atoms with Crippen LogP contribution < -0.4 is 0 Å². The molecule has 3 atom stereocenters. The zero-order valence-corrected chi connectivity index (χ0v) is 11.1. The molecule has 0 aromatic heterocycles. The molecule has 1 N–H and O–H groups in total. The van der Waals surface area contributed by atoms with E-state index in [4.69, 9.17) is 4.74 Å². The number of hydrogen-bond acceptors (Lipinski definition) is 3. The van der Waals surface area contributed by atoms with Gasteiger partial charge in [0, 0.05) is 0 Å². The van der Waals surface area contributed by atoms with Gasteiger partial charge in [0.25, 0.3) is 0 Å². The molecule has 0 saturated heterocycles. The molecule has 0 radical (unpaired) electrons. The molecular weight excluding hydrogens is 216 g/mol. The van der Waals surface area contributed by atoms with Crippen LogP contribution in [0, 0.1) is 11.8 Å². The predicted octanol–water partition coefficient (Wildman–Crippen LogP) is 2.68. The summed E-state index contributed by atoms with van der Waals surface area (Å²) in [5.74, 6) is -0.0820. The average molecular weight is 240 g/mol. The molecule has 1 aliphatic rings. The first kappa shape index (κ1) is 14.2. The SMILES string of the molecule is CCCCC[C@H]1C[C@H](O)C=C(C)[C@@H]1C(=O)OC. The number of esters is 1. The van der Waals surface area contributed by atoms with Crippen molar-refractivity contribution < 1.29 is 14.6 Å². The van der Waals surface area contributed by atoms with E-state index in [1.54, 1.807) is 6.08 Å². The topological polar surface area (TPSA) is 46.5 Å². The second-order valence-corrected chi connectivity index (χ2v) is 4.97. The maximum absolute atomic E-state index is 11.8. The summed E-state index contributed by atoms with van der Waals surface area (Å²) < 4.78 is 4.87. The van der Waals surface area contributed by atoms with Gasteiger partial charge in [-0.1, -0.05) is 37.8 Å². The zero-order chi connectivity index (χ0) is 12.8. The van der Waals surface area contributed by atoms with Gasteiger partial charge < -0.3 is 9.84 Å². The van der Waals surface area contributed by atoms with E-state index in [0.717, 1.165) is 18.4 Å². The van der Waals surface area contributed by atoms with Gasteiger partial charge in [-0.05, 0) is 25.7 Å². The van der Waals surface area contributed by atoms with Crippen LogP contribution in [0.3, 0.4) is 0 Å². The normalized spacial score (nSPS) is 28.7. The van der Waals surface area contributed by atoms with E-state index in [9.17, 15) is 9.90 Å². The number of rotatable bonds is 5. The molecular formula is C14H24O3. The molecule has 1 aliphatic carbocycles. The van der Waals surface area contributed by atoms with Crippen LogP contribution in [0.1, 0.15) is 46.0 Å². The van der Waals surface area contributed by atoms with Crippen molar-refractivity contribution in [2.75, 3.05) is 7.11 Å². The van der Waals surface area contributed by atoms with Crippen LogP contribution in [0.15, 0.2) is 11.6 Å². The Balaban J connectivity index is 2.70. The van der Waals surface area contributed by atoms with E-state index < -0.39 is 6.10 Å². The summed E-state index contributed by atoms with van der Waals surface area (Å²) in [7, 11) is 1.43. The van der Waals surface area contributed by atoms with E-state index in [-0.39, 0.29) is 17.8 Å². The van der Waals surface area contributed by atoms with Crippen molar-refractivity contribution in [1.82, 2.24) is 0 Å². The summed E-state index contributed by atoms with van der Waals surface area (Å²) in [6.07, 6.45) is 6.54. The van der Waals surface area contributed by atoms with Crippen molar-refractivity contribution in [3.63, 3.8) is 0 Å². The minimum atomic E-state index is -0.400. The fraction of sp³-hybridized carbons (Fsp3) is 0.786. The Kier molecular flexibility index (Phi) is 5.69. The largest absolute Gasteiger partial charge is 0.469 e. The quantitative estimate of drug-likeness (QED) is 0.456. The number of methoxy groups -OCH3 is 1. The van der Waals surface area contributed by atoms with Gasteiger partial charge >= 0.3 is 5.97 Å². The van der Waals surface area contributed by atoms with E-state index in [0.29, 0.717) is 6.42 Å². The lowest BCUT2D eigenvalue weighted by Crippen LogP contribution is -2.32.